The van der Waals surface area contributed by atoms with Crippen LogP contribution in [0, 0.1) is 5.82 Å². The van der Waals surface area contributed by atoms with Gasteiger partial charge in [0.15, 0.2) is 0 Å². The maximum Gasteiger partial charge on any atom is 0.125 e. The van der Waals surface area contributed by atoms with E-state index < -0.39 is 0 Å². The van der Waals surface area contributed by atoms with Crippen LogP contribution in [-0.2, 0) is 13.1 Å². The van der Waals surface area contributed by atoms with Gasteiger partial charge in [-0.25, -0.2) is 9.37 Å². The summed E-state index contributed by atoms with van der Waals surface area (Å²) in [5, 5.41) is 3.42. The molecular formula is C14H20FN3. The number of imidazole rings is 1. The molecule has 3 nitrogen and oxygen atoms in total. The molecule has 1 atom stereocenters. The Balaban J connectivity index is 2.32. The number of halogens is 1. The Labute approximate surface area is 107 Å². The van der Waals surface area contributed by atoms with Gasteiger partial charge >= 0.3 is 0 Å². The van der Waals surface area contributed by atoms with Crippen LogP contribution in [0.3, 0.4) is 0 Å². The quantitative estimate of drug-likeness (QED) is 0.882. The van der Waals surface area contributed by atoms with Crippen LogP contribution in [0.5, 0.6) is 0 Å². The highest BCUT2D eigenvalue weighted by Crippen LogP contribution is 2.17. The van der Waals surface area contributed by atoms with Crippen molar-refractivity contribution in [1.29, 1.82) is 0 Å². The van der Waals surface area contributed by atoms with E-state index in [1.165, 1.54) is 6.07 Å². The molecule has 0 saturated carbocycles. The van der Waals surface area contributed by atoms with Gasteiger partial charge in [-0.3, -0.25) is 0 Å². The first-order valence-corrected chi connectivity index (χ1v) is 6.53. The molecule has 0 fully saturated rings. The highest BCUT2D eigenvalue weighted by atomic mass is 19.1. The Morgan fingerprint density at radius 1 is 1.39 bits per heavy atom. The van der Waals surface area contributed by atoms with Crippen molar-refractivity contribution in [1.82, 2.24) is 14.9 Å². The molecule has 0 aliphatic carbocycles. The van der Waals surface area contributed by atoms with Gasteiger partial charge in [0, 0.05) is 12.6 Å². The molecule has 0 saturated heterocycles. The third-order valence-electron chi connectivity index (χ3n) is 3.33. The van der Waals surface area contributed by atoms with Crippen molar-refractivity contribution in [3.8, 4) is 0 Å². The number of aromatic nitrogens is 2. The largest absolute Gasteiger partial charge is 0.327 e. The van der Waals surface area contributed by atoms with E-state index in [1.807, 2.05) is 0 Å². The van der Waals surface area contributed by atoms with Crippen molar-refractivity contribution in [2.24, 2.45) is 0 Å². The Morgan fingerprint density at radius 2 is 2.17 bits per heavy atom. The lowest BCUT2D eigenvalue weighted by Gasteiger charge is -2.12. The molecule has 0 aliphatic rings. The fourth-order valence-electron chi connectivity index (χ4n) is 2.04. The molecule has 4 heteroatoms. The number of hydrogen-bond donors (Lipinski definition) is 1. The number of nitrogens with zero attached hydrogens (tertiary/aromatic N) is 2. The van der Waals surface area contributed by atoms with Gasteiger partial charge < -0.3 is 9.88 Å². The standard InChI is InChI=1S/C14H20FN3/c1-4-10(3)16-9-14-17-12-7-6-11(15)8-13(12)18(14)5-2/h6-8,10,16H,4-5,9H2,1-3H3. The third-order valence-corrected chi connectivity index (χ3v) is 3.33. The van der Waals surface area contributed by atoms with E-state index in [0.717, 1.165) is 36.4 Å². The van der Waals surface area contributed by atoms with E-state index in [9.17, 15) is 4.39 Å². The number of hydrogen-bond acceptors (Lipinski definition) is 2. The predicted octanol–water partition coefficient (Wildman–Crippen LogP) is 3.08. The molecule has 0 spiro atoms. The van der Waals surface area contributed by atoms with E-state index >= 15 is 0 Å². The Bertz CT molecular complexity index is 533. The maximum absolute atomic E-state index is 13.3. The van der Waals surface area contributed by atoms with E-state index in [1.54, 1.807) is 12.1 Å². The molecule has 0 amide bonds. The lowest BCUT2D eigenvalue weighted by Crippen LogP contribution is -2.26. The van der Waals surface area contributed by atoms with E-state index in [0.29, 0.717) is 6.04 Å². The van der Waals surface area contributed by atoms with Crippen LogP contribution in [0.4, 0.5) is 4.39 Å². The second-order valence-corrected chi connectivity index (χ2v) is 4.60. The molecule has 1 unspecified atom stereocenters. The van der Waals surface area contributed by atoms with Gasteiger partial charge in [0.25, 0.3) is 0 Å². The van der Waals surface area contributed by atoms with Crippen molar-refractivity contribution in [3.05, 3.63) is 29.8 Å². The normalized spacial score (nSPS) is 13.1. The molecule has 2 rings (SSSR count). The van der Waals surface area contributed by atoms with Crippen LogP contribution in [0.1, 0.15) is 33.0 Å². The number of fused-ring (bicyclic) bond motifs is 1. The first kappa shape index (κ1) is 13.0. The third kappa shape index (κ3) is 2.53. The van der Waals surface area contributed by atoms with Crippen molar-refractivity contribution < 1.29 is 4.39 Å². The predicted molar refractivity (Wildman–Crippen MR) is 72.0 cm³/mol. The summed E-state index contributed by atoms with van der Waals surface area (Å²) in [6.45, 7) is 7.88. The van der Waals surface area contributed by atoms with Crippen molar-refractivity contribution >= 4 is 11.0 Å². The van der Waals surface area contributed by atoms with Crippen LogP contribution in [0.2, 0.25) is 0 Å². The van der Waals surface area contributed by atoms with Crippen LogP contribution < -0.4 is 5.32 Å². The summed E-state index contributed by atoms with van der Waals surface area (Å²) in [5.41, 5.74) is 1.73. The summed E-state index contributed by atoms with van der Waals surface area (Å²) in [6, 6.07) is 5.22. The van der Waals surface area contributed by atoms with E-state index in [4.69, 9.17) is 0 Å². The number of aryl methyl sites for hydroxylation is 1. The van der Waals surface area contributed by atoms with Crippen molar-refractivity contribution in [2.45, 2.75) is 46.3 Å². The van der Waals surface area contributed by atoms with Crippen molar-refractivity contribution in [2.75, 3.05) is 0 Å². The minimum atomic E-state index is -0.210. The molecule has 1 aromatic carbocycles. The fourth-order valence-corrected chi connectivity index (χ4v) is 2.04. The van der Waals surface area contributed by atoms with Crippen molar-refractivity contribution in [3.63, 3.8) is 0 Å². The molecular weight excluding hydrogens is 229 g/mol. The van der Waals surface area contributed by atoms with Crippen LogP contribution in [-0.4, -0.2) is 15.6 Å². The molecule has 1 heterocycles. The Hall–Kier alpha value is -1.42. The van der Waals surface area contributed by atoms with Gasteiger partial charge in [0.05, 0.1) is 17.6 Å². The van der Waals surface area contributed by atoms with Crippen LogP contribution in [0.15, 0.2) is 18.2 Å². The molecule has 98 valence electrons. The first-order valence-electron chi connectivity index (χ1n) is 6.53. The SMILES string of the molecule is CCC(C)NCc1nc2ccc(F)cc2n1CC. The molecule has 2 aromatic rings. The van der Waals surface area contributed by atoms with Gasteiger partial charge in [-0.15, -0.1) is 0 Å². The average Bonchev–Trinajstić information content (AvgIpc) is 2.72. The van der Waals surface area contributed by atoms with Crippen LogP contribution >= 0.6 is 0 Å². The zero-order valence-electron chi connectivity index (χ0n) is 11.2. The van der Waals surface area contributed by atoms with Crippen LogP contribution in [0.25, 0.3) is 11.0 Å². The summed E-state index contributed by atoms with van der Waals surface area (Å²) in [6.07, 6.45) is 1.08. The zero-order chi connectivity index (χ0) is 13.1. The Kier molecular flexibility index (Phi) is 3.97. The van der Waals surface area contributed by atoms with E-state index in [-0.39, 0.29) is 5.82 Å². The lowest BCUT2D eigenvalue weighted by molar-refractivity contribution is 0.512. The summed E-state index contributed by atoms with van der Waals surface area (Å²) in [5.74, 6) is 0.761. The second kappa shape index (κ2) is 5.48. The fraction of sp³-hybridized carbons (Fsp3) is 0.500. The monoisotopic (exact) mass is 249 g/mol. The summed E-state index contributed by atoms with van der Waals surface area (Å²) < 4.78 is 15.3. The number of benzene rings is 1. The minimum absolute atomic E-state index is 0.210. The molecule has 1 N–H and O–H groups in total. The summed E-state index contributed by atoms with van der Waals surface area (Å²) in [4.78, 5) is 4.56. The maximum atomic E-state index is 13.3. The topological polar surface area (TPSA) is 29.9 Å². The minimum Gasteiger partial charge on any atom is -0.327 e. The van der Waals surface area contributed by atoms with Gasteiger partial charge in [-0.1, -0.05) is 6.92 Å². The summed E-state index contributed by atoms with van der Waals surface area (Å²) in [7, 11) is 0. The Morgan fingerprint density at radius 3 is 2.83 bits per heavy atom. The average molecular weight is 249 g/mol. The molecule has 0 radical (unpaired) electrons. The smallest absolute Gasteiger partial charge is 0.125 e. The first-order chi connectivity index (χ1) is 8.65. The van der Waals surface area contributed by atoms with Gasteiger partial charge in [-0.2, -0.15) is 0 Å². The molecule has 0 bridgehead atoms. The summed E-state index contributed by atoms with van der Waals surface area (Å²) >= 11 is 0. The van der Waals surface area contributed by atoms with Gasteiger partial charge in [-0.05, 0) is 38.5 Å². The number of nitrogens with one attached hydrogen (secondary N) is 1. The zero-order valence-corrected chi connectivity index (χ0v) is 11.2. The molecule has 18 heavy (non-hydrogen) atoms. The highest BCUT2D eigenvalue weighted by molar-refractivity contribution is 5.76. The number of rotatable bonds is 5. The second-order valence-electron chi connectivity index (χ2n) is 4.60. The van der Waals surface area contributed by atoms with Gasteiger partial charge in [0.2, 0.25) is 0 Å². The lowest BCUT2D eigenvalue weighted by atomic mass is 10.2. The molecule has 0 aliphatic heterocycles. The van der Waals surface area contributed by atoms with E-state index in [2.05, 4.69) is 35.6 Å². The molecule has 1 aromatic heterocycles. The van der Waals surface area contributed by atoms with Gasteiger partial charge in [0.1, 0.15) is 11.6 Å². The highest BCUT2D eigenvalue weighted by Gasteiger charge is 2.10.